The van der Waals surface area contributed by atoms with Gasteiger partial charge in [-0.3, -0.25) is 0 Å². The molecule has 0 saturated carbocycles. The van der Waals surface area contributed by atoms with Crippen molar-refractivity contribution in [3.8, 4) is 0 Å². The lowest BCUT2D eigenvalue weighted by Gasteiger charge is -2.48. The van der Waals surface area contributed by atoms with Crippen LogP contribution in [0.1, 0.15) is 12.8 Å². The Morgan fingerprint density at radius 3 is 2.24 bits per heavy atom. The molecule has 0 aliphatic carbocycles. The fourth-order valence-electron chi connectivity index (χ4n) is 7.25. The number of fused-ring (bicyclic) bond motifs is 2. The first-order valence-corrected chi connectivity index (χ1v) is 16.6. The predicted octanol–water partition coefficient (Wildman–Crippen LogP) is -2.17. The molecule has 17 atom stereocenters. The molecule has 18 heteroatoms. The van der Waals surface area contributed by atoms with E-state index in [1.165, 1.54) is 19.4 Å². The monoisotopic (exact) mass is 728 g/mol. The van der Waals surface area contributed by atoms with Crippen LogP contribution in [0.15, 0.2) is 49.0 Å². The van der Waals surface area contributed by atoms with E-state index in [-0.39, 0.29) is 31.1 Å². The predicted molar refractivity (Wildman–Crippen MR) is 164 cm³/mol. The van der Waals surface area contributed by atoms with Gasteiger partial charge in [0.1, 0.15) is 48.8 Å². The van der Waals surface area contributed by atoms with Gasteiger partial charge in [-0.05, 0) is 6.42 Å². The molecule has 6 heterocycles. The number of carbonyl (C=O) groups excluding carboxylic acids is 2. The van der Waals surface area contributed by atoms with Gasteiger partial charge in [-0.15, -0.1) is 13.2 Å². The van der Waals surface area contributed by atoms with Crippen LogP contribution in [0.3, 0.4) is 0 Å². The van der Waals surface area contributed by atoms with Crippen LogP contribution in [0.25, 0.3) is 0 Å². The van der Waals surface area contributed by atoms with E-state index in [1.54, 1.807) is 6.08 Å². The quantitative estimate of drug-likeness (QED) is 0.104. The van der Waals surface area contributed by atoms with Crippen molar-refractivity contribution in [3.63, 3.8) is 0 Å². The largest absolute Gasteiger partial charge is 0.471 e. The van der Waals surface area contributed by atoms with Gasteiger partial charge in [0, 0.05) is 30.1 Å². The molecule has 51 heavy (non-hydrogen) atoms. The van der Waals surface area contributed by atoms with Crippen LogP contribution in [0.5, 0.6) is 0 Å². The molecule has 18 nitrogen and oxygen atoms in total. The highest BCUT2D eigenvalue weighted by molar-refractivity contribution is 5.90. The van der Waals surface area contributed by atoms with Gasteiger partial charge < -0.3 is 78.0 Å². The molecule has 0 radical (unpaired) electrons. The second-order valence-corrected chi connectivity index (χ2v) is 13.0. The average molecular weight is 729 g/mol. The van der Waals surface area contributed by atoms with Crippen molar-refractivity contribution in [1.29, 1.82) is 0 Å². The molecule has 0 aromatic carbocycles. The Hall–Kier alpha value is -2.98. The zero-order chi connectivity index (χ0) is 36.6. The molecule has 0 bridgehead atoms. The summed E-state index contributed by atoms with van der Waals surface area (Å²) in [4.78, 5) is 25.0. The molecule has 0 spiro atoms. The fourth-order valence-corrected chi connectivity index (χ4v) is 7.25. The standard InChI is InChI=1S/C33H44O18/c1-4-13-15-6-7-43-29(41)17(15)10-45-30(13)50-33-26(39)24(37)27-20(48-33)12-44-21(49-27)8-16-14(5-2)31(46-11-18(16)28(40)42-3)51-32-25(38)23(36)22(35)19(9-34)47-32/h4-5,10-11,13-16,19-27,30-39H,1-2,6-9,12H2,3H3. The van der Waals surface area contributed by atoms with Crippen LogP contribution in [0.2, 0.25) is 0 Å². The molecule has 0 aromatic heterocycles. The van der Waals surface area contributed by atoms with Gasteiger partial charge in [0.05, 0.1) is 50.6 Å². The molecular weight excluding hydrogens is 684 g/mol. The highest BCUT2D eigenvalue weighted by Gasteiger charge is 2.53. The van der Waals surface area contributed by atoms with Gasteiger partial charge in [0.2, 0.25) is 12.6 Å². The van der Waals surface area contributed by atoms with E-state index in [0.29, 0.717) is 12.0 Å². The number of aliphatic hydroxyl groups is 6. The third kappa shape index (κ3) is 7.33. The Balaban J connectivity index is 1.12. The molecule has 284 valence electrons. The molecule has 0 aromatic rings. The lowest BCUT2D eigenvalue weighted by atomic mass is 9.81. The van der Waals surface area contributed by atoms with Crippen LogP contribution >= 0.6 is 0 Å². The maximum Gasteiger partial charge on any atom is 0.337 e. The number of esters is 2. The van der Waals surface area contributed by atoms with Crippen molar-refractivity contribution in [3.05, 3.63) is 49.0 Å². The van der Waals surface area contributed by atoms with E-state index >= 15 is 0 Å². The third-order valence-corrected chi connectivity index (χ3v) is 10.1. The number of hydrogen-bond acceptors (Lipinski definition) is 18. The van der Waals surface area contributed by atoms with E-state index < -0.39 is 117 Å². The highest BCUT2D eigenvalue weighted by atomic mass is 16.8. The molecule has 6 aliphatic rings. The summed E-state index contributed by atoms with van der Waals surface area (Å²) in [6.07, 6.45) is -11.7. The maximum atomic E-state index is 12.8. The summed E-state index contributed by atoms with van der Waals surface area (Å²) < 4.78 is 56.7. The van der Waals surface area contributed by atoms with Gasteiger partial charge in [-0.25, -0.2) is 9.59 Å². The van der Waals surface area contributed by atoms with E-state index in [1.807, 2.05) is 0 Å². The van der Waals surface area contributed by atoms with Crippen LogP contribution in [0.4, 0.5) is 0 Å². The fraction of sp³-hybridized carbons (Fsp3) is 0.697. The minimum Gasteiger partial charge on any atom is -0.471 e. The van der Waals surface area contributed by atoms with Gasteiger partial charge in [0.15, 0.2) is 18.9 Å². The average Bonchev–Trinajstić information content (AvgIpc) is 3.14. The van der Waals surface area contributed by atoms with Crippen molar-refractivity contribution in [2.24, 2.45) is 23.7 Å². The van der Waals surface area contributed by atoms with Crippen molar-refractivity contribution in [2.45, 2.75) is 93.1 Å². The highest BCUT2D eigenvalue weighted by Crippen LogP contribution is 2.42. The molecule has 6 rings (SSSR count). The minimum absolute atomic E-state index is 0.0447. The number of aliphatic hydroxyl groups excluding tert-OH is 6. The van der Waals surface area contributed by atoms with Crippen molar-refractivity contribution in [2.75, 3.05) is 26.9 Å². The summed E-state index contributed by atoms with van der Waals surface area (Å²) in [5, 5.41) is 62.7. The molecular formula is C33H44O18. The summed E-state index contributed by atoms with van der Waals surface area (Å²) in [6.45, 7) is 7.13. The topological polar surface area (TPSA) is 248 Å². The number of hydrogen-bond donors (Lipinski definition) is 6. The molecule has 4 fully saturated rings. The molecule has 17 unspecified atom stereocenters. The first kappa shape index (κ1) is 37.8. The molecule has 0 amide bonds. The second kappa shape index (κ2) is 15.9. The number of carbonyl (C=O) groups is 2. The van der Waals surface area contributed by atoms with E-state index in [2.05, 4.69) is 13.2 Å². The number of methoxy groups -OCH3 is 1. The van der Waals surface area contributed by atoms with Gasteiger partial charge in [-0.2, -0.15) is 0 Å². The SMILES string of the molecule is C=CC1C(OC2OC(CO)C(O)C(O)C2O)OC=C(C(=O)OC)C1CC1OCC2OC(OC3OC=C4C(=O)OCCC4C3C=C)C(O)C(O)C2O1. The lowest BCUT2D eigenvalue weighted by Crippen LogP contribution is -2.64. The van der Waals surface area contributed by atoms with E-state index in [0.717, 1.165) is 6.26 Å². The van der Waals surface area contributed by atoms with Gasteiger partial charge in [-0.1, -0.05) is 12.2 Å². The number of ether oxygens (including phenoxy) is 10. The first-order valence-electron chi connectivity index (χ1n) is 16.6. The normalized spacial score (nSPS) is 45.3. The van der Waals surface area contributed by atoms with Crippen molar-refractivity contribution in [1.82, 2.24) is 0 Å². The number of cyclic esters (lactones) is 1. The Labute approximate surface area is 292 Å². The summed E-state index contributed by atoms with van der Waals surface area (Å²) in [6, 6.07) is 0. The summed E-state index contributed by atoms with van der Waals surface area (Å²) in [5.41, 5.74) is 0.420. The third-order valence-electron chi connectivity index (χ3n) is 10.1. The van der Waals surface area contributed by atoms with E-state index in [4.69, 9.17) is 47.4 Å². The minimum atomic E-state index is -1.72. The van der Waals surface area contributed by atoms with E-state index in [9.17, 15) is 40.2 Å². The number of rotatable bonds is 10. The molecule has 6 N–H and O–H groups in total. The Bertz CT molecular complexity index is 1350. The molecule has 6 aliphatic heterocycles. The zero-order valence-corrected chi connectivity index (χ0v) is 27.7. The maximum absolute atomic E-state index is 12.8. The van der Waals surface area contributed by atoms with Crippen LogP contribution < -0.4 is 0 Å². The smallest absolute Gasteiger partial charge is 0.337 e. The first-order chi connectivity index (χ1) is 24.5. The van der Waals surface area contributed by atoms with Crippen LogP contribution in [-0.4, -0.2) is 150 Å². The lowest BCUT2D eigenvalue weighted by molar-refractivity contribution is -0.379. The molecule has 4 saturated heterocycles. The van der Waals surface area contributed by atoms with Crippen molar-refractivity contribution >= 4 is 11.9 Å². The Morgan fingerprint density at radius 2 is 1.55 bits per heavy atom. The summed E-state index contributed by atoms with van der Waals surface area (Å²) >= 11 is 0. The van der Waals surface area contributed by atoms with Crippen LogP contribution in [-0.2, 0) is 57.0 Å². The van der Waals surface area contributed by atoms with Gasteiger partial charge in [0.25, 0.3) is 0 Å². The Kier molecular flexibility index (Phi) is 11.8. The summed E-state index contributed by atoms with van der Waals surface area (Å²) in [7, 11) is 1.18. The van der Waals surface area contributed by atoms with Crippen LogP contribution in [0, 0.1) is 23.7 Å². The second-order valence-electron chi connectivity index (χ2n) is 13.0. The summed E-state index contributed by atoms with van der Waals surface area (Å²) in [5.74, 6) is -3.63. The van der Waals surface area contributed by atoms with Gasteiger partial charge >= 0.3 is 11.9 Å². The van der Waals surface area contributed by atoms with Crippen molar-refractivity contribution < 1.29 is 87.6 Å². The zero-order valence-electron chi connectivity index (χ0n) is 27.7. The Morgan fingerprint density at radius 1 is 0.882 bits per heavy atom.